The van der Waals surface area contributed by atoms with Crippen molar-refractivity contribution in [1.82, 2.24) is 5.32 Å². The second-order valence-electron chi connectivity index (χ2n) is 4.47. The Balaban J connectivity index is 3.09. The van der Waals surface area contributed by atoms with Gasteiger partial charge in [-0.3, -0.25) is 9.59 Å². The minimum atomic E-state index is -3.27. The van der Waals surface area contributed by atoms with Gasteiger partial charge in [-0.1, -0.05) is 0 Å². The number of alkyl halides is 2. The first-order valence-electron chi connectivity index (χ1n) is 5.54. The average molecular weight is 311 g/mol. The van der Waals surface area contributed by atoms with Crippen LogP contribution in [-0.4, -0.2) is 28.9 Å². The number of rotatable bonds is 5. The number of carboxylic acids is 1. The molecule has 0 aromatic heterocycles. The molecule has 0 bridgehead atoms. The van der Waals surface area contributed by atoms with Crippen LogP contribution in [0.1, 0.15) is 23.7 Å². The lowest BCUT2D eigenvalue weighted by Crippen LogP contribution is -2.53. The first-order chi connectivity index (χ1) is 9.58. The van der Waals surface area contributed by atoms with Gasteiger partial charge >= 0.3 is 5.97 Å². The summed E-state index contributed by atoms with van der Waals surface area (Å²) in [6.45, 7) is 0.738. The predicted octanol–water partition coefficient (Wildman–Crippen LogP) is 2.33. The molecule has 0 fully saturated rings. The Bertz CT molecular complexity index is 578. The molecule has 116 valence electrons. The Morgan fingerprint density at radius 1 is 1.24 bits per heavy atom. The van der Waals surface area contributed by atoms with Crippen LogP contribution in [0, 0.1) is 17.5 Å². The number of carbonyl (C=O) groups excluding carboxylic acids is 1. The van der Waals surface area contributed by atoms with Gasteiger partial charge in [0.15, 0.2) is 17.5 Å². The molecule has 2 N–H and O–H groups in total. The van der Waals surface area contributed by atoms with Gasteiger partial charge in [0, 0.05) is 0 Å². The van der Waals surface area contributed by atoms with E-state index in [0.29, 0.717) is 12.1 Å². The Morgan fingerprint density at radius 3 is 2.29 bits per heavy atom. The Morgan fingerprint density at radius 2 is 1.81 bits per heavy atom. The minimum absolute atomic E-state index is 0.449. The molecular formula is C12H10F5NO3. The lowest BCUT2D eigenvalue weighted by molar-refractivity contribution is -0.140. The smallest absolute Gasteiger partial charge is 0.305 e. The molecule has 1 amide bonds. The van der Waals surface area contributed by atoms with E-state index in [4.69, 9.17) is 5.11 Å². The normalized spacial score (nSPS) is 13.9. The van der Waals surface area contributed by atoms with Crippen LogP contribution in [0.25, 0.3) is 0 Å². The van der Waals surface area contributed by atoms with Crippen LogP contribution < -0.4 is 5.32 Å². The van der Waals surface area contributed by atoms with Crippen molar-refractivity contribution in [1.29, 1.82) is 0 Å². The molecule has 1 atom stereocenters. The summed E-state index contributed by atoms with van der Waals surface area (Å²) in [6, 6.07) is 1.01. The second kappa shape index (κ2) is 6.06. The van der Waals surface area contributed by atoms with Crippen LogP contribution in [0.5, 0.6) is 0 Å². The van der Waals surface area contributed by atoms with E-state index >= 15 is 0 Å². The highest BCUT2D eigenvalue weighted by atomic mass is 19.3. The first kappa shape index (κ1) is 16.9. The highest BCUT2D eigenvalue weighted by Gasteiger charge is 2.39. The fraction of sp³-hybridized carbons (Fsp3) is 0.333. The van der Waals surface area contributed by atoms with Crippen molar-refractivity contribution >= 4 is 11.9 Å². The summed E-state index contributed by atoms with van der Waals surface area (Å²) >= 11 is 0. The maximum Gasteiger partial charge on any atom is 0.305 e. The standard InChI is InChI=1S/C12H10F5NO3/c1-12(11(16)17,4-7(19)20)18-10(21)5-2-3-6(13)9(15)8(5)14/h2-3,11H,4H2,1H3,(H,18,21)(H,19,20). The molecule has 0 saturated carbocycles. The predicted molar refractivity (Wildman–Crippen MR) is 60.4 cm³/mol. The van der Waals surface area contributed by atoms with Crippen LogP contribution in [0.4, 0.5) is 22.0 Å². The van der Waals surface area contributed by atoms with Crippen molar-refractivity contribution in [2.24, 2.45) is 0 Å². The van der Waals surface area contributed by atoms with Crippen LogP contribution in [0.15, 0.2) is 12.1 Å². The van der Waals surface area contributed by atoms with E-state index in [0.717, 1.165) is 6.92 Å². The van der Waals surface area contributed by atoms with Crippen LogP contribution in [0.3, 0.4) is 0 Å². The molecule has 0 spiro atoms. The summed E-state index contributed by atoms with van der Waals surface area (Å²) < 4.78 is 64.8. The Kier molecular flexibility index (Phi) is 4.87. The quantitative estimate of drug-likeness (QED) is 0.648. The molecule has 1 unspecified atom stereocenters. The number of carbonyl (C=O) groups is 2. The maximum absolute atomic E-state index is 13.4. The topological polar surface area (TPSA) is 66.4 Å². The van der Waals surface area contributed by atoms with Gasteiger partial charge < -0.3 is 10.4 Å². The molecule has 1 rings (SSSR count). The molecule has 0 aliphatic heterocycles. The minimum Gasteiger partial charge on any atom is -0.481 e. The Labute approximate surface area is 115 Å². The monoisotopic (exact) mass is 311 g/mol. The van der Waals surface area contributed by atoms with E-state index in [1.54, 1.807) is 5.32 Å². The van der Waals surface area contributed by atoms with E-state index in [1.807, 2.05) is 0 Å². The van der Waals surface area contributed by atoms with Crippen LogP contribution >= 0.6 is 0 Å². The third-order valence-electron chi connectivity index (χ3n) is 2.68. The highest BCUT2D eigenvalue weighted by Crippen LogP contribution is 2.22. The third-order valence-corrected chi connectivity index (χ3v) is 2.68. The first-order valence-corrected chi connectivity index (χ1v) is 5.54. The van der Waals surface area contributed by atoms with E-state index in [9.17, 15) is 31.5 Å². The van der Waals surface area contributed by atoms with Gasteiger partial charge in [0.05, 0.1) is 12.0 Å². The lowest BCUT2D eigenvalue weighted by Gasteiger charge is -2.28. The molecular weight excluding hydrogens is 301 g/mol. The summed E-state index contributed by atoms with van der Waals surface area (Å²) in [5.74, 6) is -8.43. The summed E-state index contributed by atoms with van der Waals surface area (Å²) in [4.78, 5) is 22.2. The molecule has 0 aliphatic carbocycles. The van der Waals surface area contributed by atoms with Gasteiger partial charge in [-0.05, 0) is 19.1 Å². The molecule has 0 saturated heterocycles. The summed E-state index contributed by atoms with van der Waals surface area (Å²) in [7, 11) is 0. The third kappa shape index (κ3) is 3.67. The average Bonchev–Trinajstić information content (AvgIpc) is 2.34. The van der Waals surface area contributed by atoms with E-state index in [-0.39, 0.29) is 0 Å². The van der Waals surface area contributed by atoms with Gasteiger partial charge in [-0.15, -0.1) is 0 Å². The van der Waals surface area contributed by atoms with Gasteiger partial charge in [0.1, 0.15) is 5.54 Å². The number of hydrogen-bond donors (Lipinski definition) is 2. The van der Waals surface area contributed by atoms with Crippen LogP contribution in [0.2, 0.25) is 0 Å². The molecule has 4 nitrogen and oxygen atoms in total. The number of hydrogen-bond acceptors (Lipinski definition) is 2. The zero-order valence-corrected chi connectivity index (χ0v) is 10.6. The van der Waals surface area contributed by atoms with E-state index < -0.39 is 53.3 Å². The second-order valence-corrected chi connectivity index (χ2v) is 4.47. The zero-order chi connectivity index (χ0) is 16.4. The molecule has 21 heavy (non-hydrogen) atoms. The summed E-state index contributed by atoms with van der Waals surface area (Å²) in [5.41, 5.74) is -3.49. The van der Waals surface area contributed by atoms with E-state index in [1.165, 1.54) is 0 Å². The lowest BCUT2D eigenvalue weighted by atomic mass is 9.97. The molecule has 0 aliphatic rings. The fourth-order valence-corrected chi connectivity index (χ4v) is 1.52. The van der Waals surface area contributed by atoms with Crippen molar-refractivity contribution in [3.63, 3.8) is 0 Å². The molecule has 0 heterocycles. The fourth-order valence-electron chi connectivity index (χ4n) is 1.52. The van der Waals surface area contributed by atoms with Gasteiger partial charge in [0.25, 0.3) is 12.3 Å². The molecule has 0 radical (unpaired) electrons. The highest BCUT2D eigenvalue weighted by molar-refractivity contribution is 5.95. The largest absolute Gasteiger partial charge is 0.481 e. The van der Waals surface area contributed by atoms with Crippen molar-refractivity contribution in [3.8, 4) is 0 Å². The molecule has 1 aromatic carbocycles. The van der Waals surface area contributed by atoms with Gasteiger partial charge in [-0.25, -0.2) is 22.0 Å². The van der Waals surface area contributed by atoms with Gasteiger partial charge in [-0.2, -0.15) is 0 Å². The van der Waals surface area contributed by atoms with Crippen molar-refractivity contribution in [3.05, 3.63) is 35.1 Å². The molecule has 1 aromatic rings. The van der Waals surface area contributed by atoms with Crippen molar-refractivity contribution < 1.29 is 36.6 Å². The van der Waals surface area contributed by atoms with Crippen LogP contribution in [-0.2, 0) is 4.79 Å². The number of amides is 1. The summed E-state index contributed by atoms with van der Waals surface area (Å²) in [6.07, 6.45) is -4.41. The maximum atomic E-state index is 13.4. The molecule has 9 heteroatoms. The van der Waals surface area contributed by atoms with Crippen molar-refractivity contribution in [2.45, 2.75) is 25.3 Å². The zero-order valence-electron chi connectivity index (χ0n) is 10.6. The number of carboxylic acid groups (broad SMARTS) is 1. The Hall–Kier alpha value is -2.19. The van der Waals surface area contributed by atoms with E-state index in [2.05, 4.69) is 0 Å². The van der Waals surface area contributed by atoms with Crippen molar-refractivity contribution in [2.75, 3.05) is 0 Å². The number of aliphatic carboxylic acids is 1. The number of halogens is 5. The number of benzene rings is 1. The number of nitrogens with one attached hydrogen (secondary N) is 1. The SMILES string of the molecule is CC(CC(=O)O)(NC(=O)c1ccc(F)c(F)c1F)C(F)F. The summed E-state index contributed by atoms with van der Waals surface area (Å²) in [5, 5.41) is 10.2. The van der Waals surface area contributed by atoms with Gasteiger partial charge in [0.2, 0.25) is 0 Å².